The van der Waals surface area contributed by atoms with Crippen LogP contribution in [0.4, 0.5) is 11.6 Å². The zero-order valence-electron chi connectivity index (χ0n) is 19.8. The summed E-state index contributed by atoms with van der Waals surface area (Å²) in [6, 6.07) is 15.3. The largest absolute Gasteiger partial charge is 0.493 e. The lowest BCUT2D eigenvalue weighted by molar-refractivity contribution is 0.324. The van der Waals surface area contributed by atoms with Gasteiger partial charge in [0.15, 0.2) is 16.6 Å². The van der Waals surface area contributed by atoms with Gasteiger partial charge in [-0.15, -0.1) is 0 Å². The fourth-order valence-corrected chi connectivity index (χ4v) is 3.39. The van der Waals surface area contributed by atoms with Gasteiger partial charge in [0.2, 0.25) is 17.7 Å². The van der Waals surface area contributed by atoms with Crippen LogP contribution in [-0.4, -0.2) is 42.4 Å². The molecule has 0 atom stereocenters. The van der Waals surface area contributed by atoms with Crippen molar-refractivity contribution in [1.29, 1.82) is 0 Å². The Morgan fingerprint density at radius 1 is 0.882 bits per heavy atom. The average Bonchev–Trinajstić information content (AvgIpc) is 2.81. The van der Waals surface area contributed by atoms with E-state index in [-0.39, 0.29) is 0 Å². The van der Waals surface area contributed by atoms with Gasteiger partial charge in [-0.1, -0.05) is 30.3 Å². The smallest absolute Gasteiger partial charge is 0.229 e. The summed E-state index contributed by atoms with van der Waals surface area (Å²) in [6.45, 7) is 4.25. The molecule has 0 spiro atoms. The highest BCUT2D eigenvalue weighted by Gasteiger charge is 2.14. The van der Waals surface area contributed by atoms with E-state index in [4.69, 9.17) is 26.4 Å². The summed E-state index contributed by atoms with van der Waals surface area (Å²) in [5, 5.41) is 9.65. The highest BCUT2D eigenvalue weighted by molar-refractivity contribution is 7.80. The molecule has 3 N–H and O–H groups in total. The van der Waals surface area contributed by atoms with Gasteiger partial charge in [0.1, 0.15) is 0 Å². The molecule has 0 radical (unpaired) electrons. The van der Waals surface area contributed by atoms with Gasteiger partial charge in [0, 0.05) is 29.2 Å². The molecule has 0 aliphatic rings. The van der Waals surface area contributed by atoms with Crippen LogP contribution in [0.1, 0.15) is 17.0 Å². The van der Waals surface area contributed by atoms with Crippen LogP contribution in [0.2, 0.25) is 0 Å². The maximum absolute atomic E-state index is 5.53. The Labute approximate surface area is 204 Å². The summed E-state index contributed by atoms with van der Waals surface area (Å²) in [7, 11) is 4.66. The number of hydrogen-bond acceptors (Lipinski definition) is 7. The van der Waals surface area contributed by atoms with Gasteiger partial charge in [-0.05, 0) is 37.7 Å². The van der Waals surface area contributed by atoms with Crippen LogP contribution >= 0.6 is 12.2 Å². The van der Waals surface area contributed by atoms with Crippen LogP contribution in [-0.2, 0) is 6.54 Å². The highest BCUT2D eigenvalue weighted by Crippen LogP contribution is 2.39. The monoisotopic (exact) mass is 480 g/mol. The maximum Gasteiger partial charge on any atom is 0.229 e. The van der Waals surface area contributed by atoms with Crippen molar-refractivity contribution in [2.45, 2.75) is 20.4 Å². The Balaban J connectivity index is 1.81. The van der Waals surface area contributed by atoms with E-state index in [1.54, 1.807) is 33.5 Å². The molecule has 0 bridgehead atoms. The summed E-state index contributed by atoms with van der Waals surface area (Å²) in [4.78, 5) is 13.5. The Morgan fingerprint density at radius 2 is 1.50 bits per heavy atom. The van der Waals surface area contributed by atoms with Gasteiger partial charge in [0.25, 0.3) is 0 Å². The maximum atomic E-state index is 5.53. The van der Waals surface area contributed by atoms with Crippen molar-refractivity contribution in [2.75, 3.05) is 32.0 Å². The molecule has 9 nitrogen and oxygen atoms in total. The number of nitrogens with zero attached hydrogens (tertiary/aromatic N) is 3. The second-order valence-electron chi connectivity index (χ2n) is 7.24. The lowest BCUT2D eigenvalue weighted by Crippen LogP contribution is -2.39. The van der Waals surface area contributed by atoms with Gasteiger partial charge in [0.05, 0.1) is 27.9 Å². The minimum Gasteiger partial charge on any atom is -0.493 e. The number of anilines is 2. The van der Waals surface area contributed by atoms with E-state index in [0.29, 0.717) is 46.5 Å². The van der Waals surface area contributed by atoms with E-state index in [1.807, 2.05) is 50.2 Å². The quantitative estimate of drug-likeness (QED) is 0.262. The first kappa shape index (κ1) is 24.7. The van der Waals surface area contributed by atoms with E-state index < -0.39 is 0 Å². The van der Waals surface area contributed by atoms with Crippen molar-refractivity contribution in [3.8, 4) is 17.2 Å². The molecule has 34 heavy (non-hydrogen) atoms. The number of hydrogen-bond donors (Lipinski definition) is 3. The zero-order chi connectivity index (χ0) is 24.5. The Hall–Kier alpha value is -3.92. The van der Waals surface area contributed by atoms with E-state index in [9.17, 15) is 0 Å². The number of guanidine groups is 1. The summed E-state index contributed by atoms with van der Waals surface area (Å²) in [5.41, 5.74) is 3.39. The molecule has 0 unspecified atom stereocenters. The fraction of sp³-hybridized carbons (Fsp3) is 0.250. The summed E-state index contributed by atoms with van der Waals surface area (Å²) >= 11 is 5.53. The predicted octanol–water partition coefficient (Wildman–Crippen LogP) is 4.07. The topological polar surface area (TPSA) is 102 Å². The molecule has 178 valence electrons. The highest BCUT2D eigenvalue weighted by atomic mass is 32.1. The SMILES string of the molecule is COc1cc(NC(=S)NC(=NCc2ccccc2)Nc2nc(C)cc(C)n2)cc(OC)c1OC. The van der Waals surface area contributed by atoms with Crippen LogP contribution in [0.15, 0.2) is 53.5 Å². The molecular formula is C24H28N6O3S. The van der Waals surface area contributed by atoms with Gasteiger partial charge in [-0.3, -0.25) is 5.32 Å². The molecule has 2 aromatic carbocycles. The molecule has 3 rings (SSSR count). The molecule has 1 aromatic heterocycles. The molecule has 0 saturated heterocycles. The van der Waals surface area contributed by atoms with E-state index in [0.717, 1.165) is 17.0 Å². The third kappa shape index (κ3) is 6.79. The van der Waals surface area contributed by atoms with Crippen LogP contribution in [0.3, 0.4) is 0 Å². The first-order valence-corrected chi connectivity index (χ1v) is 10.9. The lowest BCUT2D eigenvalue weighted by atomic mass is 10.2. The minimum atomic E-state index is 0.304. The van der Waals surface area contributed by atoms with Crippen molar-refractivity contribution in [2.24, 2.45) is 4.99 Å². The predicted molar refractivity (Wildman–Crippen MR) is 138 cm³/mol. The van der Waals surface area contributed by atoms with Crippen LogP contribution in [0.5, 0.6) is 17.2 Å². The number of thiocarbonyl (C=S) groups is 1. The van der Waals surface area contributed by atoms with Crippen LogP contribution < -0.4 is 30.2 Å². The molecule has 1 heterocycles. The standard InChI is InChI=1S/C24H28N6O3S/c1-15-11-16(2)27-23(26-15)29-22(25-14-17-9-7-6-8-10-17)30-24(34)28-18-12-19(31-3)21(33-5)20(13-18)32-4/h6-13H,14H2,1-5H3,(H3,25,26,27,28,29,30,34). The summed E-state index contributed by atoms with van der Waals surface area (Å²) in [5.74, 6) is 2.33. The second-order valence-corrected chi connectivity index (χ2v) is 7.65. The van der Waals surface area contributed by atoms with E-state index >= 15 is 0 Å². The number of ether oxygens (including phenoxy) is 3. The summed E-state index contributed by atoms with van der Waals surface area (Å²) in [6.07, 6.45) is 0. The second kappa shape index (κ2) is 11.8. The third-order valence-electron chi connectivity index (χ3n) is 4.63. The third-order valence-corrected chi connectivity index (χ3v) is 4.83. The van der Waals surface area contributed by atoms with E-state index in [1.165, 1.54) is 0 Å². The fourth-order valence-electron chi connectivity index (χ4n) is 3.17. The number of rotatable bonds is 7. The van der Waals surface area contributed by atoms with Gasteiger partial charge in [-0.25, -0.2) is 15.0 Å². The molecule has 0 aliphatic heterocycles. The number of nitrogens with one attached hydrogen (secondary N) is 3. The molecule has 3 aromatic rings. The molecule has 0 amide bonds. The van der Waals surface area contributed by atoms with Crippen molar-refractivity contribution in [3.63, 3.8) is 0 Å². The van der Waals surface area contributed by atoms with Crippen LogP contribution in [0, 0.1) is 13.8 Å². The molecule has 0 aliphatic carbocycles. The average molecular weight is 481 g/mol. The normalized spacial score (nSPS) is 10.9. The minimum absolute atomic E-state index is 0.304. The van der Waals surface area contributed by atoms with E-state index in [2.05, 4.69) is 30.9 Å². The number of aryl methyl sites for hydroxylation is 2. The number of aliphatic imine (C=N–C) groups is 1. The lowest BCUT2D eigenvalue weighted by Gasteiger charge is -2.17. The molecule has 0 saturated carbocycles. The molecular weight excluding hydrogens is 452 g/mol. The van der Waals surface area contributed by atoms with Gasteiger partial charge < -0.3 is 24.8 Å². The Kier molecular flexibility index (Phi) is 8.58. The first-order chi connectivity index (χ1) is 16.4. The van der Waals surface area contributed by atoms with Crippen molar-refractivity contribution in [1.82, 2.24) is 15.3 Å². The molecule has 10 heteroatoms. The first-order valence-electron chi connectivity index (χ1n) is 10.5. The van der Waals surface area contributed by atoms with Crippen LogP contribution in [0.25, 0.3) is 0 Å². The Morgan fingerprint density at radius 3 is 2.06 bits per heavy atom. The van der Waals surface area contributed by atoms with Crippen molar-refractivity contribution < 1.29 is 14.2 Å². The molecule has 0 fully saturated rings. The zero-order valence-corrected chi connectivity index (χ0v) is 20.6. The van der Waals surface area contributed by atoms with Crippen molar-refractivity contribution in [3.05, 3.63) is 65.5 Å². The number of methoxy groups -OCH3 is 3. The van der Waals surface area contributed by atoms with Gasteiger partial charge in [-0.2, -0.15) is 0 Å². The Bertz CT molecular complexity index is 1130. The van der Waals surface area contributed by atoms with Crippen molar-refractivity contribution >= 4 is 34.9 Å². The summed E-state index contributed by atoms with van der Waals surface area (Å²) < 4.78 is 16.2. The number of aromatic nitrogens is 2. The number of benzene rings is 2. The van der Waals surface area contributed by atoms with Gasteiger partial charge >= 0.3 is 0 Å².